The summed E-state index contributed by atoms with van der Waals surface area (Å²) in [6.07, 6.45) is 6.11. The van der Waals surface area contributed by atoms with Crippen molar-refractivity contribution in [3.63, 3.8) is 0 Å². The van der Waals surface area contributed by atoms with Gasteiger partial charge in [-0.3, -0.25) is 14.4 Å². The van der Waals surface area contributed by atoms with Gasteiger partial charge in [-0.05, 0) is 25.0 Å². The SMILES string of the molecule is CC(O)C(NC(=O)C(Cc1cnc[nH]1)NC(=O)C(N)Cc1c[nH]c2ccccc12)C(=O)NC(Cc1cnc[nH]1)C(=O)O. The molecule has 0 aliphatic carbocycles. The van der Waals surface area contributed by atoms with Crippen molar-refractivity contribution in [2.75, 3.05) is 0 Å². The van der Waals surface area contributed by atoms with Gasteiger partial charge in [0, 0.05) is 53.7 Å². The van der Waals surface area contributed by atoms with Crippen LogP contribution in [0.4, 0.5) is 0 Å². The van der Waals surface area contributed by atoms with Crippen LogP contribution in [0.3, 0.4) is 0 Å². The molecule has 4 rings (SSSR count). The van der Waals surface area contributed by atoms with Gasteiger partial charge in [-0.25, -0.2) is 14.8 Å². The Hall–Kier alpha value is -5.02. The first-order valence-electron chi connectivity index (χ1n) is 13.2. The molecule has 0 radical (unpaired) electrons. The van der Waals surface area contributed by atoms with Gasteiger partial charge >= 0.3 is 5.97 Å². The van der Waals surface area contributed by atoms with E-state index in [9.17, 15) is 29.4 Å². The van der Waals surface area contributed by atoms with E-state index in [4.69, 9.17) is 5.73 Å². The van der Waals surface area contributed by atoms with E-state index in [2.05, 4.69) is 40.9 Å². The minimum Gasteiger partial charge on any atom is -0.480 e. The van der Waals surface area contributed by atoms with Crippen molar-refractivity contribution in [2.24, 2.45) is 5.73 Å². The molecule has 0 aliphatic rings. The molecule has 5 atom stereocenters. The summed E-state index contributed by atoms with van der Waals surface area (Å²) in [4.78, 5) is 67.8. The minimum absolute atomic E-state index is 0.0247. The molecule has 3 amide bonds. The van der Waals surface area contributed by atoms with Gasteiger partial charge in [0.1, 0.15) is 18.1 Å². The summed E-state index contributed by atoms with van der Waals surface area (Å²) < 4.78 is 0. The van der Waals surface area contributed by atoms with E-state index in [1.807, 2.05) is 24.3 Å². The molecule has 0 aliphatic heterocycles. The monoisotopic (exact) mass is 579 g/mol. The number of H-pyrrole nitrogens is 3. The highest BCUT2D eigenvalue weighted by Gasteiger charge is 2.33. The molecule has 3 aromatic heterocycles. The maximum absolute atomic E-state index is 13.4. The largest absolute Gasteiger partial charge is 0.480 e. The van der Waals surface area contributed by atoms with Gasteiger partial charge in [-0.2, -0.15) is 0 Å². The Morgan fingerprint density at radius 2 is 1.48 bits per heavy atom. The maximum atomic E-state index is 13.4. The number of fused-ring (bicyclic) bond motifs is 1. The van der Waals surface area contributed by atoms with Crippen LogP contribution < -0.4 is 21.7 Å². The third kappa shape index (κ3) is 7.58. The number of aliphatic hydroxyl groups excluding tert-OH is 1. The van der Waals surface area contributed by atoms with E-state index >= 15 is 0 Å². The van der Waals surface area contributed by atoms with Crippen LogP contribution in [-0.4, -0.2) is 89.1 Å². The third-order valence-corrected chi connectivity index (χ3v) is 6.72. The predicted molar refractivity (Wildman–Crippen MR) is 150 cm³/mol. The average molecular weight is 580 g/mol. The van der Waals surface area contributed by atoms with E-state index < -0.39 is 54.0 Å². The molecule has 3 heterocycles. The summed E-state index contributed by atoms with van der Waals surface area (Å²) in [6.45, 7) is 1.27. The number of aliphatic hydroxyl groups is 1. The minimum atomic E-state index is -1.53. The zero-order chi connectivity index (χ0) is 30.2. The lowest BCUT2D eigenvalue weighted by molar-refractivity contribution is -0.143. The van der Waals surface area contributed by atoms with Crippen molar-refractivity contribution in [2.45, 2.75) is 56.5 Å². The lowest BCUT2D eigenvalue weighted by Crippen LogP contribution is -2.60. The molecule has 15 heteroatoms. The molecular weight excluding hydrogens is 546 g/mol. The number of carbonyl (C=O) groups is 4. The Balaban J connectivity index is 1.45. The van der Waals surface area contributed by atoms with E-state index in [-0.39, 0.29) is 19.3 Å². The van der Waals surface area contributed by atoms with Crippen molar-refractivity contribution in [1.29, 1.82) is 0 Å². The molecular formula is C27H33N9O6. The molecule has 0 saturated carbocycles. The van der Waals surface area contributed by atoms with Crippen LogP contribution in [0, 0.1) is 0 Å². The maximum Gasteiger partial charge on any atom is 0.326 e. The molecule has 0 bridgehead atoms. The fraction of sp³-hybridized carbons (Fsp3) is 0.333. The van der Waals surface area contributed by atoms with Crippen LogP contribution in [0.1, 0.15) is 23.9 Å². The van der Waals surface area contributed by atoms with Crippen molar-refractivity contribution in [3.8, 4) is 0 Å². The van der Waals surface area contributed by atoms with E-state index in [0.717, 1.165) is 16.5 Å². The quantitative estimate of drug-likeness (QED) is 0.0878. The van der Waals surface area contributed by atoms with E-state index in [1.54, 1.807) is 6.20 Å². The molecule has 4 aromatic rings. The van der Waals surface area contributed by atoms with Crippen molar-refractivity contribution >= 4 is 34.6 Å². The van der Waals surface area contributed by atoms with Gasteiger partial charge in [-0.15, -0.1) is 0 Å². The summed E-state index contributed by atoms with van der Waals surface area (Å²) in [7, 11) is 0. The highest BCUT2D eigenvalue weighted by atomic mass is 16.4. The number of benzene rings is 1. The summed E-state index contributed by atoms with van der Waals surface area (Å²) in [5.41, 5.74) is 8.92. The number of para-hydroxylation sites is 1. The molecule has 5 unspecified atom stereocenters. The number of imidazole rings is 2. The predicted octanol–water partition coefficient (Wildman–Crippen LogP) is -1.11. The van der Waals surface area contributed by atoms with Gasteiger partial charge in [0.2, 0.25) is 17.7 Å². The highest BCUT2D eigenvalue weighted by Crippen LogP contribution is 2.19. The number of carboxylic acid groups (broad SMARTS) is 1. The van der Waals surface area contributed by atoms with Gasteiger partial charge < -0.3 is 46.8 Å². The molecule has 42 heavy (non-hydrogen) atoms. The molecule has 1 aromatic carbocycles. The van der Waals surface area contributed by atoms with Crippen LogP contribution in [0.15, 0.2) is 55.5 Å². The van der Waals surface area contributed by atoms with Crippen molar-refractivity contribution in [1.82, 2.24) is 40.9 Å². The summed E-state index contributed by atoms with van der Waals surface area (Å²) in [5.74, 6) is -3.64. The molecule has 0 fully saturated rings. The number of amides is 3. The van der Waals surface area contributed by atoms with Crippen LogP contribution in [0.25, 0.3) is 10.9 Å². The first-order chi connectivity index (χ1) is 20.1. The zero-order valence-electron chi connectivity index (χ0n) is 22.7. The van der Waals surface area contributed by atoms with E-state index in [0.29, 0.717) is 11.4 Å². The van der Waals surface area contributed by atoms with Gasteiger partial charge in [-0.1, -0.05) is 18.2 Å². The summed E-state index contributed by atoms with van der Waals surface area (Å²) in [6, 6.07) is 2.47. The van der Waals surface area contributed by atoms with Gasteiger partial charge in [0.15, 0.2) is 0 Å². The van der Waals surface area contributed by atoms with Gasteiger partial charge in [0.25, 0.3) is 0 Å². The van der Waals surface area contributed by atoms with E-state index in [1.165, 1.54) is 32.0 Å². The molecule has 10 N–H and O–H groups in total. The standard InChI is InChI=1S/C27H33N9O6/c1-14(37)23(26(40)35-22(27(41)42)8-17-11-30-13-33-17)36-25(39)21(7-16-10-29-12-32-16)34-24(38)19(28)6-15-9-31-20-5-3-2-4-18(15)20/h2-5,9-14,19,21-23,31,37H,6-8,28H2,1H3,(H,29,32)(H,30,33)(H,34,38)(H,35,40)(H,36,39)(H,41,42). The van der Waals surface area contributed by atoms with Crippen LogP contribution in [-0.2, 0) is 38.4 Å². The van der Waals surface area contributed by atoms with Gasteiger partial charge in [0.05, 0.1) is 24.8 Å². The third-order valence-electron chi connectivity index (χ3n) is 6.72. The second-order valence-electron chi connectivity index (χ2n) is 9.92. The summed E-state index contributed by atoms with van der Waals surface area (Å²) >= 11 is 0. The Kier molecular flexibility index (Phi) is 9.67. The van der Waals surface area contributed by atoms with Crippen molar-refractivity contribution in [3.05, 3.63) is 72.5 Å². The average Bonchev–Trinajstić information content (AvgIpc) is 3.74. The first-order valence-corrected chi connectivity index (χ1v) is 13.2. The second-order valence-corrected chi connectivity index (χ2v) is 9.92. The van der Waals surface area contributed by atoms with Crippen LogP contribution in [0.2, 0.25) is 0 Å². The number of rotatable bonds is 14. The number of aromatic nitrogens is 5. The highest BCUT2D eigenvalue weighted by molar-refractivity contribution is 5.95. The number of aliphatic carboxylic acids is 1. The lowest BCUT2D eigenvalue weighted by atomic mass is 10.0. The van der Waals surface area contributed by atoms with Crippen LogP contribution >= 0.6 is 0 Å². The molecule has 15 nitrogen and oxygen atoms in total. The second kappa shape index (κ2) is 13.6. The lowest BCUT2D eigenvalue weighted by Gasteiger charge is -2.26. The Morgan fingerprint density at radius 1 is 0.857 bits per heavy atom. The number of nitrogens with zero attached hydrogens (tertiary/aromatic N) is 2. The molecule has 0 saturated heterocycles. The number of carboxylic acids is 1. The number of hydrogen-bond acceptors (Lipinski definition) is 8. The number of aromatic amines is 3. The molecule has 0 spiro atoms. The smallest absolute Gasteiger partial charge is 0.326 e. The van der Waals surface area contributed by atoms with Crippen LogP contribution in [0.5, 0.6) is 0 Å². The number of nitrogens with two attached hydrogens (primary N) is 1. The molecule has 222 valence electrons. The Labute approximate surface area is 239 Å². The first kappa shape index (κ1) is 30.0. The fourth-order valence-electron chi connectivity index (χ4n) is 4.47. The fourth-order valence-corrected chi connectivity index (χ4v) is 4.47. The van der Waals surface area contributed by atoms with Crippen molar-refractivity contribution < 1.29 is 29.4 Å². The Morgan fingerprint density at radius 3 is 2.07 bits per heavy atom. The number of nitrogens with one attached hydrogen (secondary N) is 6. The normalized spacial score (nSPS) is 14.8. The number of hydrogen-bond donors (Lipinski definition) is 9. The zero-order valence-corrected chi connectivity index (χ0v) is 22.7. The Bertz CT molecular complexity index is 1500. The topological polar surface area (TPSA) is 244 Å². The number of carbonyl (C=O) groups excluding carboxylic acids is 3. The summed E-state index contributed by atoms with van der Waals surface area (Å²) in [5, 5.41) is 28.2.